The first-order valence-electron chi connectivity index (χ1n) is 7.98. The molecule has 0 fully saturated rings. The minimum atomic E-state index is -0.156. The van der Waals surface area contributed by atoms with E-state index in [1.54, 1.807) is 36.5 Å². The van der Waals surface area contributed by atoms with Crippen LogP contribution in [0.25, 0.3) is 0 Å². The average molecular weight is 333 g/mol. The van der Waals surface area contributed by atoms with Gasteiger partial charge in [0.2, 0.25) is 0 Å². The molecule has 3 rings (SSSR count). The maximum Gasteiger partial charge on any atom is 0.274 e. The number of aromatic nitrogens is 3. The molecule has 0 spiro atoms. The lowest BCUT2D eigenvalue weighted by atomic mass is 10.2. The Hall–Kier alpha value is -3.28. The third kappa shape index (κ3) is 4.60. The Bertz CT molecular complexity index is 806. The van der Waals surface area contributed by atoms with Crippen LogP contribution < -0.4 is 5.32 Å². The molecule has 0 bridgehead atoms. The van der Waals surface area contributed by atoms with Gasteiger partial charge in [0.15, 0.2) is 5.69 Å². The number of pyridine rings is 1. The molecule has 1 N–H and O–H groups in total. The third-order valence-electron chi connectivity index (χ3n) is 3.72. The number of carbonyl (C=O) groups is 1. The van der Waals surface area contributed by atoms with E-state index in [0.29, 0.717) is 24.6 Å². The highest BCUT2D eigenvalue weighted by Gasteiger charge is 2.14. The fraction of sp³-hybridized carbons (Fsp3) is 0.158. The summed E-state index contributed by atoms with van der Waals surface area (Å²) in [6.45, 7) is 1.15. The Morgan fingerprint density at radius 2 is 1.72 bits per heavy atom. The molecule has 1 aromatic carbocycles. The van der Waals surface area contributed by atoms with Crippen molar-refractivity contribution in [3.63, 3.8) is 0 Å². The Balaban J connectivity index is 1.58. The monoisotopic (exact) mass is 333 g/mol. The van der Waals surface area contributed by atoms with Crippen molar-refractivity contribution < 1.29 is 4.79 Å². The molecule has 1 amide bonds. The van der Waals surface area contributed by atoms with E-state index in [2.05, 4.69) is 20.5 Å². The summed E-state index contributed by atoms with van der Waals surface area (Å²) in [5, 5.41) is 11.3. The molecule has 2 heterocycles. The number of carbonyl (C=O) groups excluding carboxylic acids is 1. The van der Waals surface area contributed by atoms with Crippen molar-refractivity contribution in [3.8, 4) is 0 Å². The van der Waals surface area contributed by atoms with Gasteiger partial charge in [-0.3, -0.25) is 9.78 Å². The first-order chi connectivity index (χ1) is 12.2. The normalized spacial score (nSPS) is 10.3. The SMILES string of the molecule is CN(Cc1ccccc1)C(=O)c1ccc(NCc2ccncc2)nn1. The fourth-order valence-electron chi connectivity index (χ4n) is 2.36. The van der Waals surface area contributed by atoms with Crippen LogP contribution in [0.15, 0.2) is 67.0 Å². The summed E-state index contributed by atoms with van der Waals surface area (Å²) >= 11 is 0. The topological polar surface area (TPSA) is 71.0 Å². The number of amides is 1. The second-order valence-corrected chi connectivity index (χ2v) is 5.66. The van der Waals surface area contributed by atoms with Gasteiger partial charge in [0.25, 0.3) is 5.91 Å². The van der Waals surface area contributed by atoms with Gasteiger partial charge in [0.1, 0.15) is 5.82 Å². The van der Waals surface area contributed by atoms with E-state index in [-0.39, 0.29) is 5.91 Å². The number of nitrogens with zero attached hydrogens (tertiary/aromatic N) is 4. The van der Waals surface area contributed by atoms with Crippen LogP contribution in [-0.4, -0.2) is 33.0 Å². The second kappa shape index (κ2) is 8.01. The average Bonchev–Trinajstić information content (AvgIpc) is 2.68. The number of hydrogen-bond acceptors (Lipinski definition) is 5. The number of benzene rings is 1. The van der Waals surface area contributed by atoms with Gasteiger partial charge < -0.3 is 10.2 Å². The maximum atomic E-state index is 12.4. The van der Waals surface area contributed by atoms with E-state index < -0.39 is 0 Å². The fourth-order valence-corrected chi connectivity index (χ4v) is 2.36. The summed E-state index contributed by atoms with van der Waals surface area (Å²) in [6, 6.07) is 17.1. The standard InChI is InChI=1S/C19H19N5O/c1-24(14-16-5-3-2-4-6-16)19(25)17-7-8-18(23-22-17)21-13-15-9-11-20-12-10-15/h2-12H,13-14H2,1H3,(H,21,23). The minimum absolute atomic E-state index is 0.156. The van der Waals surface area contributed by atoms with E-state index in [4.69, 9.17) is 0 Å². The van der Waals surface area contributed by atoms with Crippen LogP contribution in [0.3, 0.4) is 0 Å². The second-order valence-electron chi connectivity index (χ2n) is 5.66. The molecule has 0 aliphatic rings. The lowest BCUT2D eigenvalue weighted by molar-refractivity contribution is 0.0778. The van der Waals surface area contributed by atoms with Gasteiger partial charge in [-0.05, 0) is 35.4 Å². The molecule has 6 heteroatoms. The molecule has 25 heavy (non-hydrogen) atoms. The van der Waals surface area contributed by atoms with Crippen LogP contribution in [0, 0.1) is 0 Å². The van der Waals surface area contributed by atoms with Gasteiger partial charge in [-0.1, -0.05) is 30.3 Å². The molecule has 0 aliphatic carbocycles. The van der Waals surface area contributed by atoms with Gasteiger partial charge >= 0.3 is 0 Å². The molecule has 2 aromatic heterocycles. The quantitative estimate of drug-likeness (QED) is 0.751. The van der Waals surface area contributed by atoms with Crippen molar-refractivity contribution in [3.05, 3.63) is 83.8 Å². The predicted molar refractivity (Wildman–Crippen MR) is 95.8 cm³/mol. The zero-order chi connectivity index (χ0) is 17.5. The van der Waals surface area contributed by atoms with E-state index >= 15 is 0 Å². The molecule has 0 atom stereocenters. The maximum absolute atomic E-state index is 12.4. The van der Waals surface area contributed by atoms with Crippen LogP contribution in [0.1, 0.15) is 21.6 Å². The van der Waals surface area contributed by atoms with Crippen molar-refractivity contribution in [2.75, 3.05) is 12.4 Å². The first-order valence-corrected chi connectivity index (χ1v) is 7.98. The molecule has 0 aliphatic heterocycles. The lowest BCUT2D eigenvalue weighted by Gasteiger charge is -2.16. The Morgan fingerprint density at radius 1 is 0.960 bits per heavy atom. The molecule has 0 saturated carbocycles. The molecule has 126 valence electrons. The number of hydrogen-bond donors (Lipinski definition) is 1. The number of anilines is 1. The van der Waals surface area contributed by atoms with Crippen molar-refractivity contribution in [1.29, 1.82) is 0 Å². The Morgan fingerprint density at radius 3 is 2.40 bits per heavy atom. The molecule has 0 saturated heterocycles. The van der Waals surface area contributed by atoms with E-state index in [1.165, 1.54) is 0 Å². The molecule has 6 nitrogen and oxygen atoms in total. The van der Waals surface area contributed by atoms with Crippen molar-refractivity contribution in [2.45, 2.75) is 13.1 Å². The lowest BCUT2D eigenvalue weighted by Crippen LogP contribution is -2.27. The van der Waals surface area contributed by atoms with Crippen LogP contribution in [0.4, 0.5) is 5.82 Å². The molecule has 0 radical (unpaired) electrons. The van der Waals surface area contributed by atoms with E-state index in [0.717, 1.165) is 11.1 Å². The van der Waals surface area contributed by atoms with Gasteiger partial charge in [0.05, 0.1) is 0 Å². The third-order valence-corrected chi connectivity index (χ3v) is 3.72. The molecular formula is C19H19N5O. The zero-order valence-corrected chi connectivity index (χ0v) is 14.0. The summed E-state index contributed by atoms with van der Waals surface area (Å²) in [4.78, 5) is 18.0. The summed E-state index contributed by atoms with van der Waals surface area (Å²) < 4.78 is 0. The highest BCUT2D eigenvalue weighted by Crippen LogP contribution is 2.09. The highest BCUT2D eigenvalue weighted by atomic mass is 16.2. The number of nitrogens with one attached hydrogen (secondary N) is 1. The molecule has 3 aromatic rings. The van der Waals surface area contributed by atoms with E-state index in [1.807, 2.05) is 42.5 Å². The Labute approximate surface area is 146 Å². The number of rotatable bonds is 6. The minimum Gasteiger partial charge on any atom is -0.365 e. The van der Waals surface area contributed by atoms with Crippen LogP contribution in [0.5, 0.6) is 0 Å². The van der Waals surface area contributed by atoms with Crippen molar-refractivity contribution in [1.82, 2.24) is 20.1 Å². The molecule has 0 unspecified atom stereocenters. The van der Waals surface area contributed by atoms with Gasteiger partial charge in [-0.25, -0.2) is 0 Å². The van der Waals surface area contributed by atoms with Crippen LogP contribution in [0.2, 0.25) is 0 Å². The first kappa shape index (κ1) is 16.6. The van der Waals surface area contributed by atoms with Crippen LogP contribution in [-0.2, 0) is 13.1 Å². The Kier molecular flexibility index (Phi) is 5.31. The van der Waals surface area contributed by atoms with Crippen molar-refractivity contribution in [2.24, 2.45) is 0 Å². The summed E-state index contributed by atoms with van der Waals surface area (Å²) in [7, 11) is 1.76. The van der Waals surface area contributed by atoms with Gasteiger partial charge in [-0.2, -0.15) is 0 Å². The van der Waals surface area contributed by atoms with Gasteiger partial charge in [0, 0.05) is 32.5 Å². The predicted octanol–water partition coefficient (Wildman–Crippen LogP) is 2.76. The highest BCUT2D eigenvalue weighted by molar-refractivity contribution is 5.92. The van der Waals surface area contributed by atoms with Crippen molar-refractivity contribution >= 4 is 11.7 Å². The smallest absolute Gasteiger partial charge is 0.274 e. The molecular weight excluding hydrogens is 314 g/mol. The largest absolute Gasteiger partial charge is 0.365 e. The zero-order valence-electron chi connectivity index (χ0n) is 14.0. The van der Waals surface area contributed by atoms with E-state index in [9.17, 15) is 4.79 Å². The summed E-state index contributed by atoms with van der Waals surface area (Å²) in [5.74, 6) is 0.469. The van der Waals surface area contributed by atoms with Crippen LogP contribution >= 0.6 is 0 Å². The van der Waals surface area contributed by atoms with Gasteiger partial charge in [-0.15, -0.1) is 10.2 Å². The summed E-state index contributed by atoms with van der Waals surface area (Å²) in [5.41, 5.74) is 2.49. The summed E-state index contributed by atoms with van der Waals surface area (Å²) in [6.07, 6.45) is 3.49.